The zero-order valence-electron chi connectivity index (χ0n) is 25.6. The Morgan fingerprint density at radius 3 is 1.32 bits per heavy atom. The van der Waals surface area contributed by atoms with Gasteiger partial charge in [0.25, 0.3) is 0 Å². The molecule has 0 spiro atoms. The summed E-state index contributed by atoms with van der Waals surface area (Å²) < 4.78 is 6.81. The molecule has 0 N–H and O–H groups in total. The molecule has 0 amide bonds. The van der Waals surface area contributed by atoms with Gasteiger partial charge in [-0.2, -0.15) is 0 Å². The summed E-state index contributed by atoms with van der Waals surface area (Å²) in [4.78, 5) is 0. The van der Waals surface area contributed by atoms with Crippen LogP contribution in [0.3, 0.4) is 0 Å². The highest BCUT2D eigenvalue weighted by molar-refractivity contribution is 6.27. The van der Waals surface area contributed by atoms with Crippen LogP contribution in [-0.4, -0.2) is 0 Å². The Morgan fingerprint density at radius 2 is 0.681 bits per heavy atom. The SMILES string of the molecule is c1ccc2c(-c3c4ccccc4c(-c4cccc5oc6c(-c7cccc8ccccc78)cccc6c45)c4ccccc34)cccc2c1. The van der Waals surface area contributed by atoms with Crippen molar-refractivity contribution in [3.8, 4) is 33.4 Å². The minimum absolute atomic E-state index is 0.900. The van der Waals surface area contributed by atoms with E-state index in [1.54, 1.807) is 0 Å². The first-order valence-corrected chi connectivity index (χ1v) is 16.2. The highest BCUT2D eigenvalue weighted by atomic mass is 16.3. The van der Waals surface area contributed by atoms with Crippen LogP contribution in [0.15, 0.2) is 174 Å². The summed E-state index contributed by atoms with van der Waals surface area (Å²) in [6.07, 6.45) is 0. The average Bonchev–Trinajstić information content (AvgIpc) is 3.53. The van der Waals surface area contributed by atoms with Crippen molar-refractivity contribution in [2.75, 3.05) is 0 Å². The third-order valence-corrected chi connectivity index (χ3v) is 9.86. The molecule has 0 bridgehead atoms. The van der Waals surface area contributed by atoms with Crippen LogP contribution >= 0.6 is 0 Å². The molecular weight excluding hydrogens is 569 g/mol. The van der Waals surface area contributed by atoms with Crippen LogP contribution < -0.4 is 0 Å². The zero-order chi connectivity index (χ0) is 30.9. The minimum Gasteiger partial charge on any atom is -0.455 e. The second kappa shape index (κ2) is 10.2. The van der Waals surface area contributed by atoms with Gasteiger partial charge in [0.05, 0.1) is 0 Å². The lowest BCUT2D eigenvalue weighted by molar-refractivity contribution is 0.670. The summed E-state index contributed by atoms with van der Waals surface area (Å²) in [5.41, 5.74) is 9.08. The molecule has 218 valence electrons. The minimum atomic E-state index is 0.900. The van der Waals surface area contributed by atoms with E-state index in [1.165, 1.54) is 70.9 Å². The lowest BCUT2D eigenvalue weighted by Crippen LogP contribution is -1.92. The van der Waals surface area contributed by atoms with E-state index >= 15 is 0 Å². The van der Waals surface area contributed by atoms with Gasteiger partial charge >= 0.3 is 0 Å². The van der Waals surface area contributed by atoms with Crippen LogP contribution in [0.4, 0.5) is 0 Å². The third kappa shape index (κ3) is 3.84. The van der Waals surface area contributed by atoms with Gasteiger partial charge in [-0.05, 0) is 77.0 Å². The van der Waals surface area contributed by atoms with Gasteiger partial charge in [0.1, 0.15) is 11.2 Å². The van der Waals surface area contributed by atoms with Crippen LogP contribution in [0.25, 0.3) is 98.4 Å². The molecule has 47 heavy (non-hydrogen) atoms. The van der Waals surface area contributed by atoms with Gasteiger partial charge in [-0.15, -0.1) is 0 Å². The maximum Gasteiger partial charge on any atom is 0.143 e. The fourth-order valence-corrected chi connectivity index (χ4v) is 7.88. The molecule has 1 heteroatoms. The number of benzene rings is 9. The average molecular weight is 597 g/mol. The summed E-state index contributed by atoms with van der Waals surface area (Å²) in [7, 11) is 0. The van der Waals surface area contributed by atoms with Gasteiger partial charge in [0, 0.05) is 16.3 Å². The topological polar surface area (TPSA) is 13.1 Å². The Bertz CT molecular complexity index is 2780. The highest BCUT2D eigenvalue weighted by Crippen LogP contribution is 2.48. The van der Waals surface area contributed by atoms with Crippen molar-refractivity contribution >= 4 is 65.0 Å². The molecule has 0 saturated carbocycles. The number of hydrogen-bond donors (Lipinski definition) is 0. The maximum atomic E-state index is 6.81. The van der Waals surface area contributed by atoms with Crippen molar-refractivity contribution < 1.29 is 4.42 Å². The predicted octanol–water partition coefficient (Wildman–Crippen LogP) is 13.2. The van der Waals surface area contributed by atoms with Gasteiger partial charge in [-0.25, -0.2) is 0 Å². The number of hydrogen-bond acceptors (Lipinski definition) is 1. The predicted molar refractivity (Wildman–Crippen MR) is 200 cm³/mol. The van der Waals surface area contributed by atoms with Crippen molar-refractivity contribution in [1.82, 2.24) is 0 Å². The van der Waals surface area contributed by atoms with Gasteiger partial charge in [0.2, 0.25) is 0 Å². The second-order valence-corrected chi connectivity index (χ2v) is 12.4. The molecule has 1 aromatic heterocycles. The van der Waals surface area contributed by atoms with Crippen molar-refractivity contribution in [2.24, 2.45) is 0 Å². The van der Waals surface area contributed by atoms with Crippen LogP contribution in [0.1, 0.15) is 0 Å². The van der Waals surface area contributed by atoms with Crippen LogP contribution in [-0.2, 0) is 0 Å². The van der Waals surface area contributed by atoms with Gasteiger partial charge in [-0.3, -0.25) is 0 Å². The van der Waals surface area contributed by atoms with E-state index in [0.717, 1.165) is 27.5 Å². The number of fused-ring (bicyclic) bond motifs is 7. The first-order chi connectivity index (χ1) is 23.3. The zero-order valence-corrected chi connectivity index (χ0v) is 25.6. The largest absolute Gasteiger partial charge is 0.455 e. The first kappa shape index (κ1) is 26.1. The molecule has 0 unspecified atom stereocenters. The first-order valence-electron chi connectivity index (χ1n) is 16.2. The number of para-hydroxylation sites is 1. The standard InChI is InChI=1S/C46H28O/c1-3-17-31-29(13-1)15-9-23-33(31)39-25-11-27-41-45-40(26-12-28-42(45)47-46(39)41)44-37-21-7-5-19-35(37)43(36-20-6-8-22-38(36)44)34-24-10-16-30-14-2-4-18-32(30)34/h1-28H. The molecule has 0 radical (unpaired) electrons. The molecule has 1 nitrogen and oxygen atoms in total. The molecule has 0 aliphatic heterocycles. The van der Waals surface area contributed by atoms with Gasteiger partial charge in [-0.1, -0.05) is 164 Å². The van der Waals surface area contributed by atoms with E-state index in [4.69, 9.17) is 4.42 Å². The molecule has 0 aliphatic carbocycles. The number of rotatable bonds is 3. The van der Waals surface area contributed by atoms with Crippen LogP contribution in [0, 0.1) is 0 Å². The smallest absolute Gasteiger partial charge is 0.143 e. The molecule has 9 aromatic carbocycles. The van der Waals surface area contributed by atoms with Gasteiger partial charge in [0.15, 0.2) is 0 Å². The quantitative estimate of drug-likeness (QED) is 0.185. The van der Waals surface area contributed by atoms with E-state index < -0.39 is 0 Å². The van der Waals surface area contributed by atoms with E-state index in [9.17, 15) is 0 Å². The third-order valence-electron chi connectivity index (χ3n) is 9.86. The molecular formula is C46H28O. The van der Waals surface area contributed by atoms with E-state index in [-0.39, 0.29) is 0 Å². The Labute approximate surface area is 271 Å². The van der Waals surface area contributed by atoms with Crippen molar-refractivity contribution in [2.45, 2.75) is 0 Å². The van der Waals surface area contributed by atoms with E-state index in [1.807, 2.05) is 0 Å². The molecule has 0 atom stereocenters. The fraction of sp³-hybridized carbons (Fsp3) is 0. The highest BCUT2D eigenvalue weighted by Gasteiger charge is 2.22. The van der Waals surface area contributed by atoms with E-state index in [0.29, 0.717) is 0 Å². The fourth-order valence-electron chi connectivity index (χ4n) is 7.88. The lowest BCUT2D eigenvalue weighted by Gasteiger charge is -2.19. The van der Waals surface area contributed by atoms with Crippen molar-refractivity contribution in [1.29, 1.82) is 0 Å². The van der Waals surface area contributed by atoms with Crippen molar-refractivity contribution in [3.63, 3.8) is 0 Å². The molecule has 0 saturated heterocycles. The monoisotopic (exact) mass is 596 g/mol. The summed E-state index contributed by atoms with van der Waals surface area (Å²) in [6.45, 7) is 0. The summed E-state index contributed by atoms with van der Waals surface area (Å²) in [6, 6.07) is 61.4. The van der Waals surface area contributed by atoms with Crippen molar-refractivity contribution in [3.05, 3.63) is 170 Å². The van der Waals surface area contributed by atoms with Crippen LogP contribution in [0.5, 0.6) is 0 Å². The summed E-state index contributed by atoms with van der Waals surface area (Å²) in [5.74, 6) is 0. The lowest BCUT2D eigenvalue weighted by atomic mass is 9.84. The maximum absolute atomic E-state index is 6.81. The molecule has 1 heterocycles. The molecule has 0 fully saturated rings. The van der Waals surface area contributed by atoms with Crippen LogP contribution in [0.2, 0.25) is 0 Å². The molecule has 10 aromatic rings. The summed E-state index contributed by atoms with van der Waals surface area (Å²) in [5, 5.41) is 12.2. The Morgan fingerprint density at radius 1 is 0.277 bits per heavy atom. The second-order valence-electron chi connectivity index (χ2n) is 12.4. The Hall–Kier alpha value is -6.18. The Balaban J connectivity index is 1.32. The Kier molecular flexibility index (Phi) is 5.64. The number of furan rings is 1. The van der Waals surface area contributed by atoms with E-state index in [2.05, 4.69) is 170 Å². The molecule has 0 aliphatic rings. The molecule has 10 rings (SSSR count). The normalized spacial score (nSPS) is 11.8. The summed E-state index contributed by atoms with van der Waals surface area (Å²) >= 11 is 0. The van der Waals surface area contributed by atoms with Gasteiger partial charge < -0.3 is 4.42 Å².